The largest absolute Gasteiger partial charge is 0.480 e. The summed E-state index contributed by atoms with van der Waals surface area (Å²) in [7, 11) is 1.45. The van der Waals surface area contributed by atoms with E-state index in [-0.39, 0.29) is 23.8 Å². The lowest BCUT2D eigenvalue weighted by atomic mass is 10.2. The van der Waals surface area contributed by atoms with Gasteiger partial charge in [-0.1, -0.05) is 0 Å². The molecule has 0 saturated carbocycles. The highest BCUT2D eigenvalue weighted by Crippen LogP contribution is 2.14. The first-order valence-electron chi connectivity index (χ1n) is 5.50. The minimum atomic E-state index is -0.251. The van der Waals surface area contributed by atoms with Crippen LogP contribution in [-0.4, -0.2) is 22.4 Å². The number of ketones is 1. The second-order valence-corrected chi connectivity index (χ2v) is 4.63. The maximum atomic E-state index is 12.2. The standard InChI is InChI=1S/C13H11BrN2O3/c1-19-12-9(4-2-6-15-12)11(17)8-16-7-3-5-10(14)13(16)18/h2-7H,8H2,1H3. The molecular formula is C13H11BrN2O3. The van der Waals surface area contributed by atoms with E-state index in [0.717, 1.165) is 0 Å². The van der Waals surface area contributed by atoms with Crippen LogP contribution in [0.5, 0.6) is 5.88 Å². The molecule has 0 aliphatic heterocycles. The Morgan fingerprint density at radius 3 is 2.95 bits per heavy atom. The average Bonchev–Trinajstić information content (AvgIpc) is 2.43. The van der Waals surface area contributed by atoms with Gasteiger partial charge in [0.1, 0.15) is 0 Å². The van der Waals surface area contributed by atoms with Gasteiger partial charge in [-0.25, -0.2) is 4.98 Å². The molecule has 2 aromatic heterocycles. The van der Waals surface area contributed by atoms with Crippen LogP contribution < -0.4 is 10.3 Å². The first-order chi connectivity index (χ1) is 9.13. The van der Waals surface area contributed by atoms with Crippen LogP contribution in [0.25, 0.3) is 0 Å². The first kappa shape index (κ1) is 13.5. The van der Waals surface area contributed by atoms with Gasteiger partial charge in [0.25, 0.3) is 5.56 Å². The fourth-order valence-electron chi connectivity index (χ4n) is 1.64. The lowest BCUT2D eigenvalue weighted by Gasteiger charge is -2.08. The molecular weight excluding hydrogens is 312 g/mol. The number of hydrogen-bond donors (Lipinski definition) is 0. The van der Waals surface area contributed by atoms with Crippen LogP contribution in [0, 0.1) is 0 Å². The molecule has 0 saturated heterocycles. The third-order valence-electron chi connectivity index (χ3n) is 2.55. The zero-order valence-electron chi connectivity index (χ0n) is 10.2. The number of aromatic nitrogens is 2. The van der Waals surface area contributed by atoms with E-state index >= 15 is 0 Å². The average molecular weight is 323 g/mol. The Morgan fingerprint density at radius 2 is 2.21 bits per heavy atom. The lowest BCUT2D eigenvalue weighted by Crippen LogP contribution is -2.24. The molecule has 0 aliphatic carbocycles. The van der Waals surface area contributed by atoms with Crippen LogP contribution in [0.2, 0.25) is 0 Å². The van der Waals surface area contributed by atoms with Crippen LogP contribution in [0.4, 0.5) is 0 Å². The quantitative estimate of drug-likeness (QED) is 0.806. The van der Waals surface area contributed by atoms with Crippen LogP contribution in [-0.2, 0) is 6.54 Å². The fraction of sp³-hybridized carbons (Fsp3) is 0.154. The monoisotopic (exact) mass is 322 g/mol. The number of methoxy groups -OCH3 is 1. The number of hydrogen-bond acceptors (Lipinski definition) is 4. The number of Topliss-reactive ketones (excluding diaryl/α,β-unsaturated/α-hetero) is 1. The summed E-state index contributed by atoms with van der Waals surface area (Å²) in [4.78, 5) is 27.9. The molecule has 0 N–H and O–H groups in total. The van der Waals surface area contributed by atoms with E-state index in [1.54, 1.807) is 36.7 Å². The summed E-state index contributed by atoms with van der Waals surface area (Å²) in [6.45, 7) is -0.0552. The van der Waals surface area contributed by atoms with Crippen molar-refractivity contribution in [2.45, 2.75) is 6.54 Å². The van der Waals surface area contributed by atoms with Crippen LogP contribution in [0.3, 0.4) is 0 Å². The van der Waals surface area contributed by atoms with Gasteiger partial charge >= 0.3 is 0 Å². The van der Waals surface area contributed by atoms with Crippen LogP contribution >= 0.6 is 15.9 Å². The van der Waals surface area contributed by atoms with Gasteiger partial charge in [0.05, 0.1) is 23.7 Å². The Balaban J connectivity index is 2.31. The minimum absolute atomic E-state index is 0.0552. The van der Waals surface area contributed by atoms with E-state index in [1.165, 1.54) is 11.7 Å². The Kier molecular flexibility index (Phi) is 4.11. The van der Waals surface area contributed by atoms with Crippen molar-refractivity contribution in [1.82, 2.24) is 9.55 Å². The molecule has 2 rings (SSSR count). The predicted molar refractivity (Wildman–Crippen MR) is 73.5 cm³/mol. The molecule has 0 spiro atoms. The normalized spacial score (nSPS) is 10.2. The second-order valence-electron chi connectivity index (χ2n) is 3.77. The van der Waals surface area contributed by atoms with E-state index in [4.69, 9.17) is 4.74 Å². The maximum Gasteiger partial charge on any atom is 0.265 e. The van der Waals surface area contributed by atoms with Gasteiger partial charge in [-0.2, -0.15) is 0 Å². The molecule has 2 aromatic rings. The fourth-order valence-corrected chi connectivity index (χ4v) is 2.02. The molecule has 19 heavy (non-hydrogen) atoms. The molecule has 0 radical (unpaired) electrons. The molecule has 6 heteroatoms. The number of ether oxygens (including phenoxy) is 1. The third kappa shape index (κ3) is 2.90. The highest BCUT2D eigenvalue weighted by Gasteiger charge is 2.14. The Hall–Kier alpha value is -1.95. The van der Waals surface area contributed by atoms with Crippen molar-refractivity contribution in [2.24, 2.45) is 0 Å². The molecule has 2 heterocycles. The topological polar surface area (TPSA) is 61.2 Å². The van der Waals surface area contributed by atoms with Crippen molar-refractivity contribution < 1.29 is 9.53 Å². The second kappa shape index (κ2) is 5.79. The third-order valence-corrected chi connectivity index (χ3v) is 3.16. The van der Waals surface area contributed by atoms with Gasteiger partial charge < -0.3 is 9.30 Å². The van der Waals surface area contributed by atoms with Gasteiger partial charge in [0.15, 0.2) is 5.78 Å². The SMILES string of the molecule is COc1ncccc1C(=O)Cn1cccc(Br)c1=O. The zero-order valence-corrected chi connectivity index (χ0v) is 11.8. The lowest BCUT2D eigenvalue weighted by molar-refractivity contribution is 0.0967. The summed E-state index contributed by atoms with van der Waals surface area (Å²) in [5.41, 5.74) is 0.107. The van der Waals surface area contributed by atoms with Crippen molar-refractivity contribution in [3.05, 3.63) is 57.0 Å². The molecule has 0 amide bonds. The molecule has 5 nitrogen and oxygen atoms in total. The summed E-state index contributed by atoms with van der Waals surface area (Å²) in [5.74, 6) is 0.0284. The molecule has 0 aromatic carbocycles. The van der Waals surface area contributed by atoms with E-state index in [1.807, 2.05) is 0 Å². The Morgan fingerprint density at radius 1 is 1.42 bits per heavy atom. The van der Waals surface area contributed by atoms with E-state index in [2.05, 4.69) is 20.9 Å². The predicted octanol–water partition coefficient (Wildman–Crippen LogP) is 1.90. The molecule has 98 valence electrons. The Bertz CT molecular complexity index is 667. The number of halogens is 1. The summed E-state index contributed by atoms with van der Waals surface area (Å²) in [5, 5.41) is 0. The van der Waals surface area contributed by atoms with E-state index in [0.29, 0.717) is 10.0 Å². The number of carbonyl (C=O) groups is 1. The van der Waals surface area contributed by atoms with Crippen LogP contribution in [0.1, 0.15) is 10.4 Å². The van der Waals surface area contributed by atoms with Gasteiger partial charge in [-0.15, -0.1) is 0 Å². The van der Waals surface area contributed by atoms with Gasteiger partial charge in [-0.05, 0) is 40.2 Å². The highest BCUT2D eigenvalue weighted by molar-refractivity contribution is 9.10. The molecule has 0 bridgehead atoms. The molecule has 0 atom stereocenters. The summed E-state index contributed by atoms with van der Waals surface area (Å²) < 4.78 is 6.78. The van der Waals surface area contributed by atoms with Crippen molar-refractivity contribution in [1.29, 1.82) is 0 Å². The van der Waals surface area contributed by atoms with E-state index < -0.39 is 0 Å². The maximum absolute atomic E-state index is 12.2. The summed E-state index contributed by atoms with van der Waals surface area (Å²) in [6, 6.07) is 6.60. The summed E-state index contributed by atoms with van der Waals surface area (Å²) in [6.07, 6.45) is 3.11. The molecule has 0 fully saturated rings. The highest BCUT2D eigenvalue weighted by atomic mass is 79.9. The Labute approximate surface area is 118 Å². The van der Waals surface area contributed by atoms with E-state index in [9.17, 15) is 9.59 Å². The molecule has 0 unspecified atom stereocenters. The first-order valence-corrected chi connectivity index (χ1v) is 6.30. The zero-order chi connectivity index (χ0) is 13.8. The number of rotatable bonds is 4. The smallest absolute Gasteiger partial charge is 0.265 e. The number of carbonyl (C=O) groups excluding carboxylic acids is 1. The molecule has 0 aliphatic rings. The number of pyridine rings is 2. The minimum Gasteiger partial charge on any atom is -0.480 e. The number of nitrogens with zero attached hydrogens (tertiary/aromatic N) is 2. The van der Waals surface area contributed by atoms with Crippen molar-refractivity contribution in [3.63, 3.8) is 0 Å². The van der Waals surface area contributed by atoms with Gasteiger partial charge in [0.2, 0.25) is 5.88 Å². The van der Waals surface area contributed by atoms with Crippen molar-refractivity contribution >= 4 is 21.7 Å². The summed E-state index contributed by atoms with van der Waals surface area (Å²) >= 11 is 3.14. The van der Waals surface area contributed by atoms with Crippen LogP contribution in [0.15, 0.2) is 45.9 Å². The van der Waals surface area contributed by atoms with Crippen molar-refractivity contribution in [2.75, 3.05) is 7.11 Å². The van der Waals surface area contributed by atoms with Gasteiger partial charge in [0, 0.05) is 12.4 Å². The van der Waals surface area contributed by atoms with Crippen molar-refractivity contribution in [3.8, 4) is 5.88 Å². The van der Waals surface area contributed by atoms with Gasteiger partial charge in [-0.3, -0.25) is 9.59 Å².